The molecule has 0 aromatic heterocycles. The lowest BCUT2D eigenvalue weighted by Gasteiger charge is -2.31. The number of nitrogens with two attached hydrogens (primary N) is 1. The number of carbonyl (C=O) groups is 1. The maximum atomic E-state index is 12.7. The Bertz CT molecular complexity index is 454. The number of rotatable bonds is 7. The van der Waals surface area contributed by atoms with Crippen molar-refractivity contribution in [3.8, 4) is 0 Å². The molecule has 3 nitrogen and oxygen atoms in total. The summed E-state index contributed by atoms with van der Waals surface area (Å²) in [5.41, 5.74) is 7.28. The molecule has 0 saturated heterocycles. The lowest BCUT2D eigenvalue weighted by molar-refractivity contribution is -0.135. The normalized spacial score (nSPS) is 17.6. The van der Waals surface area contributed by atoms with Crippen LogP contribution in [0.25, 0.3) is 0 Å². The zero-order valence-corrected chi connectivity index (χ0v) is 13.5. The Morgan fingerprint density at radius 1 is 1.24 bits per heavy atom. The summed E-state index contributed by atoms with van der Waals surface area (Å²) in [6.45, 7) is 7.02. The van der Waals surface area contributed by atoms with Crippen molar-refractivity contribution in [1.29, 1.82) is 0 Å². The van der Waals surface area contributed by atoms with E-state index in [-0.39, 0.29) is 11.9 Å². The fourth-order valence-corrected chi connectivity index (χ4v) is 2.63. The summed E-state index contributed by atoms with van der Waals surface area (Å²) in [5.74, 6) is 1.20. The molecular formula is C18H28N2O. The molecule has 21 heavy (non-hydrogen) atoms. The topological polar surface area (TPSA) is 46.3 Å². The lowest BCUT2D eigenvalue weighted by Crippen LogP contribution is -2.43. The molecule has 1 amide bonds. The third kappa shape index (κ3) is 4.57. The van der Waals surface area contributed by atoms with Crippen molar-refractivity contribution in [1.82, 2.24) is 4.90 Å². The molecule has 2 unspecified atom stereocenters. The molecular weight excluding hydrogens is 260 g/mol. The predicted octanol–water partition coefficient (Wildman–Crippen LogP) is 3.19. The van der Waals surface area contributed by atoms with Gasteiger partial charge in [-0.15, -0.1) is 0 Å². The zero-order valence-electron chi connectivity index (χ0n) is 13.5. The van der Waals surface area contributed by atoms with E-state index in [9.17, 15) is 4.79 Å². The maximum Gasteiger partial charge on any atom is 0.224 e. The highest BCUT2D eigenvalue weighted by molar-refractivity contribution is 5.77. The summed E-state index contributed by atoms with van der Waals surface area (Å²) < 4.78 is 0. The fourth-order valence-electron chi connectivity index (χ4n) is 2.63. The van der Waals surface area contributed by atoms with Crippen molar-refractivity contribution in [3.05, 3.63) is 35.9 Å². The van der Waals surface area contributed by atoms with Crippen LogP contribution in [0.15, 0.2) is 30.3 Å². The van der Waals surface area contributed by atoms with Crippen LogP contribution in [0.1, 0.15) is 45.6 Å². The van der Waals surface area contributed by atoms with E-state index in [0.717, 1.165) is 0 Å². The van der Waals surface area contributed by atoms with Crippen LogP contribution in [-0.2, 0) is 11.3 Å². The Kier molecular flexibility index (Phi) is 5.40. The highest BCUT2D eigenvalue weighted by Crippen LogP contribution is 2.36. The van der Waals surface area contributed by atoms with Gasteiger partial charge in [-0.3, -0.25) is 4.79 Å². The van der Waals surface area contributed by atoms with Crippen molar-refractivity contribution < 1.29 is 4.79 Å². The number of carbonyl (C=O) groups excluding carboxylic acids is 1. The van der Waals surface area contributed by atoms with E-state index in [0.29, 0.717) is 30.8 Å². The summed E-state index contributed by atoms with van der Waals surface area (Å²) >= 11 is 0. The first-order chi connectivity index (χ1) is 9.99. The molecule has 1 aromatic rings. The van der Waals surface area contributed by atoms with Crippen LogP contribution in [-0.4, -0.2) is 22.9 Å². The second kappa shape index (κ2) is 7.08. The molecule has 0 heterocycles. The molecule has 2 rings (SSSR count). The van der Waals surface area contributed by atoms with Gasteiger partial charge >= 0.3 is 0 Å². The van der Waals surface area contributed by atoms with E-state index in [2.05, 4.69) is 32.9 Å². The SMILES string of the molecule is CC(C)C(N)CC(=O)N(Cc1ccccc1)C(C)C1CC1. The van der Waals surface area contributed by atoms with Gasteiger partial charge in [0.05, 0.1) is 0 Å². The summed E-state index contributed by atoms with van der Waals surface area (Å²) in [6, 6.07) is 10.5. The van der Waals surface area contributed by atoms with Crippen molar-refractivity contribution >= 4 is 5.91 Å². The average molecular weight is 288 g/mol. The smallest absolute Gasteiger partial charge is 0.224 e. The highest BCUT2D eigenvalue weighted by Gasteiger charge is 2.34. The molecule has 2 atom stereocenters. The molecule has 3 heteroatoms. The summed E-state index contributed by atoms with van der Waals surface area (Å²) in [5, 5.41) is 0. The van der Waals surface area contributed by atoms with Crippen LogP contribution >= 0.6 is 0 Å². The monoisotopic (exact) mass is 288 g/mol. The summed E-state index contributed by atoms with van der Waals surface area (Å²) in [4.78, 5) is 14.7. The first kappa shape index (κ1) is 16.0. The Labute approximate surface area is 128 Å². The third-order valence-corrected chi connectivity index (χ3v) is 4.58. The fraction of sp³-hybridized carbons (Fsp3) is 0.611. The summed E-state index contributed by atoms with van der Waals surface area (Å²) in [7, 11) is 0. The Morgan fingerprint density at radius 3 is 2.38 bits per heavy atom. The third-order valence-electron chi connectivity index (χ3n) is 4.58. The molecule has 0 spiro atoms. The minimum absolute atomic E-state index is 0.0535. The highest BCUT2D eigenvalue weighted by atomic mass is 16.2. The maximum absolute atomic E-state index is 12.7. The molecule has 1 aromatic carbocycles. The zero-order chi connectivity index (χ0) is 15.4. The van der Waals surface area contributed by atoms with Gasteiger partial charge in [-0.1, -0.05) is 44.2 Å². The molecule has 0 radical (unpaired) electrons. The Morgan fingerprint density at radius 2 is 1.86 bits per heavy atom. The molecule has 2 N–H and O–H groups in total. The van der Waals surface area contributed by atoms with Gasteiger partial charge in [0, 0.05) is 25.0 Å². The second-order valence-electron chi connectivity index (χ2n) is 6.70. The van der Waals surface area contributed by atoms with Gasteiger partial charge in [0.25, 0.3) is 0 Å². The van der Waals surface area contributed by atoms with E-state index in [1.807, 2.05) is 23.1 Å². The number of amides is 1. The first-order valence-corrected chi connectivity index (χ1v) is 8.08. The van der Waals surface area contributed by atoms with Crippen LogP contribution < -0.4 is 5.73 Å². The molecule has 116 valence electrons. The molecule has 0 aliphatic heterocycles. The molecule has 1 aliphatic rings. The van der Waals surface area contributed by atoms with Crippen molar-refractivity contribution in [2.45, 2.75) is 58.7 Å². The molecule has 0 bridgehead atoms. The van der Waals surface area contributed by atoms with Crippen LogP contribution in [0.2, 0.25) is 0 Å². The quantitative estimate of drug-likeness (QED) is 0.837. The van der Waals surface area contributed by atoms with E-state index in [4.69, 9.17) is 5.73 Å². The van der Waals surface area contributed by atoms with Crippen molar-refractivity contribution in [3.63, 3.8) is 0 Å². The number of nitrogens with zero attached hydrogens (tertiary/aromatic N) is 1. The van der Waals surface area contributed by atoms with Crippen molar-refractivity contribution in [2.75, 3.05) is 0 Å². The molecule has 1 aliphatic carbocycles. The number of benzene rings is 1. The van der Waals surface area contributed by atoms with Gasteiger partial charge in [0.1, 0.15) is 0 Å². The van der Waals surface area contributed by atoms with E-state index < -0.39 is 0 Å². The van der Waals surface area contributed by atoms with Crippen LogP contribution in [0, 0.1) is 11.8 Å². The molecule has 1 saturated carbocycles. The van der Waals surface area contributed by atoms with Crippen molar-refractivity contribution in [2.24, 2.45) is 17.6 Å². The van der Waals surface area contributed by atoms with Gasteiger partial charge in [-0.25, -0.2) is 0 Å². The van der Waals surface area contributed by atoms with E-state index in [1.54, 1.807) is 0 Å². The van der Waals surface area contributed by atoms with E-state index in [1.165, 1.54) is 18.4 Å². The van der Waals surface area contributed by atoms with Gasteiger partial charge in [-0.05, 0) is 37.2 Å². The van der Waals surface area contributed by atoms with Crippen LogP contribution in [0.4, 0.5) is 0 Å². The number of hydrogen-bond acceptors (Lipinski definition) is 2. The summed E-state index contributed by atoms with van der Waals surface area (Å²) in [6.07, 6.45) is 2.94. The Balaban J connectivity index is 2.06. The van der Waals surface area contributed by atoms with E-state index >= 15 is 0 Å². The average Bonchev–Trinajstić information content (AvgIpc) is 3.29. The van der Waals surface area contributed by atoms with Gasteiger partial charge in [-0.2, -0.15) is 0 Å². The van der Waals surface area contributed by atoms with Gasteiger partial charge in [0.2, 0.25) is 5.91 Å². The first-order valence-electron chi connectivity index (χ1n) is 8.08. The minimum Gasteiger partial charge on any atom is -0.335 e. The number of hydrogen-bond donors (Lipinski definition) is 1. The standard InChI is InChI=1S/C18H28N2O/c1-13(2)17(19)11-18(21)20(14(3)16-9-10-16)12-15-7-5-4-6-8-15/h4-8,13-14,16-17H,9-12,19H2,1-3H3. The van der Waals surface area contributed by atoms with Crippen LogP contribution in [0.5, 0.6) is 0 Å². The lowest BCUT2D eigenvalue weighted by atomic mass is 10.0. The Hall–Kier alpha value is -1.35. The molecule has 1 fully saturated rings. The second-order valence-corrected chi connectivity index (χ2v) is 6.70. The van der Waals surface area contributed by atoms with Crippen LogP contribution in [0.3, 0.4) is 0 Å². The predicted molar refractivity (Wildman–Crippen MR) is 86.6 cm³/mol. The largest absolute Gasteiger partial charge is 0.335 e. The van der Waals surface area contributed by atoms with Gasteiger partial charge in [0.15, 0.2) is 0 Å². The van der Waals surface area contributed by atoms with Gasteiger partial charge < -0.3 is 10.6 Å². The minimum atomic E-state index is -0.0535.